The lowest BCUT2D eigenvalue weighted by atomic mass is 9.99. The number of amides is 1. The Labute approximate surface area is 260 Å². The quantitative estimate of drug-likeness (QED) is 0.148. The molecule has 1 aromatic heterocycles. The van der Waals surface area contributed by atoms with Crippen molar-refractivity contribution in [1.82, 2.24) is 25.0 Å². The van der Waals surface area contributed by atoms with E-state index in [-0.39, 0.29) is 54.8 Å². The van der Waals surface area contributed by atoms with Gasteiger partial charge in [0.1, 0.15) is 5.82 Å². The predicted octanol–water partition coefficient (Wildman–Crippen LogP) is 5.34. The molecule has 0 unspecified atom stereocenters. The zero-order chi connectivity index (χ0) is 33.6. The van der Waals surface area contributed by atoms with Crippen molar-refractivity contribution in [2.24, 2.45) is 0 Å². The molecule has 0 radical (unpaired) electrons. The number of fused-ring (bicyclic) bond motifs is 1. The smallest absolute Gasteiger partial charge is 0.333 e. The summed E-state index contributed by atoms with van der Waals surface area (Å²) in [6, 6.07) is 16.9. The number of halogens is 6. The molecule has 0 bridgehead atoms. The van der Waals surface area contributed by atoms with Gasteiger partial charge in [-0.3, -0.25) is 9.35 Å². The normalized spacial score (nSPS) is 14.6. The van der Waals surface area contributed by atoms with Crippen LogP contribution in [0, 0.1) is 17.5 Å². The first-order chi connectivity index (χ1) is 21.6. The third-order valence-electron chi connectivity index (χ3n) is 7.16. The van der Waals surface area contributed by atoms with Crippen LogP contribution in [0.4, 0.5) is 26.3 Å². The molecule has 0 spiro atoms. The molecule has 2 heterocycles. The second-order valence-electron chi connectivity index (χ2n) is 10.5. The Morgan fingerprint density at radius 2 is 1.54 bits per heavy atom. The molecule has 0 saturated carbocycles. The van der Waals surface area contributed by atoms with Crippen LogP contribution >= 0.6 is 0 Å². The molecule has 1 aliphatic heterocycles. The minimum absolute atomic E-state index is 0.00739. The molecule has 3 aromatic carbocycles. The van der Waals surface area contributed by atoms with E-state index in [9.17, 15) is 39.6 Å². The van der Waals surface area contributed by atoms with E-state index in [1.165, 1.54) is 17.0 Å². The fourth-order valence-corrected chi connectivity index (χ4v) is 5.38. The predicted molar refractivity (Wildman–Crippen MR) is 153 cm³/mol. The minimum atomic E-state index is -4.66. The summed E-state index contributed by atoms with van der Waals surface area (Å²) in [6.45, 7) is 1.56. The molecule has 2 N–H and O–H groups in total. The molecule has 1 aliphatic rings. The maximum Gasteiger partial charge on any atom is 0.451 e. The number of benzene rings is 3. The zero-order valence-electron chi connectivity index (χ0n) is 24.3. The standard InChI is InChI=1S/C24H23F6N5O.C6H6O3S/c1-14(15-5-3-2-4-6-15)31-17(9-16-10-19(26)20(27)12-18(16)25)11-22(36)34-7-8-35-21(13-34)32-33-23(35)24(28,29)30;7-10(8,9)6-4-2-1-3-5-6/h2-6,10,12,14,17,31H,7-9,11,13H2,1H3;1-5H,(H,7,8,9)/t14-,17+;/m0./s1. The van der Waals surface area contributed by atoms with Gasteiger partial charge in [0.2, 0.25) is 11.7 Å². The Kier molecular flexibility index (Phi) is 10.9. The Morgan fingerprint density at radius 3 is 2.13 bits per heavy atom. The van der Waals surface area contributed by atoms with E-state index in [1.807, 2.05) is 37.3 Å². The van der Waals surface area contributed by atoms with Crippen molar-refractivity contribution in [2.75, 3.05) is 6.54 Å². The van der Waals surface area contributed by atoms with Crippen molar-refractivity contribution in [3.63, 3.8) is 0 Å². The number of rotatable bonds is 8. The second-order valence-corrected chi connectivity index (χ2v) is 11.9. The van der Waals surface area contributed by atoms with Gasteiger partial charge in [-0.15, -0.1) is 10.2 Å². The van der Waals surface area contributed by atoms with Crippen LogP contribution in [0.3, 0.4) is 0 Å². The van der Waals surface area contributed by atoms with E-state index in [4.69, 9.17) is 4.55 Å². The maximum absolute atomic E-state index is 14.4. The van der Waals surface area contributed by atoms with Crippen LogP contribution in [0.25, 0.3) is 0 Å². The lowest BCUT2D eigenvalue weighted by Crippen LogP contribution is -2.43. The van der Waals surface area contributed by atoms with E-state index < -0.39 is 51.5 Å². The summed E-state index contributed by atoms with van der Waals surface area (Å²) in [5.74, 6) is -4.97. The number of hydrogen-bond donors (Lipinski definition) is 2. The van der Waals surface area contributed by atoms with Crippen LogP contribution in [0.1, 0.15) is 42.2 Å². The molecule has 16 heteroatoms. The van der Waals surface area contributed by atoms with Gasteiger partial charge in [-0.1, -0.05) is 48.5 Å². The van der Waals surface area contributed by atoms with Gasteiger partial charge in [0.15, 0.2) is 17.5 Å². The number of carbonyl (C=O) groups is 1. The third kappa shape index (κ3) is 8.92. The molecule has 0 fully saturated rings. The topological polar surface area (TPSA) is 117 Å². The molecule has 2 atom stereocenters. The van der Waals surface area contributed by atoms with Crippen molar-refractivity contribution in [3.05, 3.63) is 113 Å². The molecule has 246 valence electrons. The first kappa shape index (κ1) is 34.6. The molecular weight excluding hydrogens is 640 g/mol. The summed E-state index contributed by atoms with van der Waals surface area (Å²) >= 11 is 0. The average Bonchev–Trinajstić information content (AvgIpc) is 3.45. The average molecular weight is 670 g/mol. The summed E-state index contributed by atoms with van der Waals surface area (Å²) in [4.78, 5) is 14.4. The van der Waals surface area contributed by atoms with Crippen molar-refractivity contribution in [1.29, 1.82) is 0 Å². The highest BCUT2D eigenvalue weighted by atomic mass is 32.2. The van der Waals surface area contributed by atoms with Gasteiger partial charge < -0.3 is 14.8 Å². The molecule has 46 heavy (non-hydrogen) atoms. The van der Waals surface area contributed by atoms with Gasteiger partial charge in [-0.25, -0.2) is 13.2 Å². The fraction of sp³-hybridized carbons (Fsp3) is 0.300. The van der Waals surface area contributed by atoms with Crippen molar-refractivity contribution in [2.45, 2.75) is 56.0 Å². The molecule has 5 rings (SSSR count). The number of alkyl halides is 3. The van der Waals surface area contributed by atoms with Gasteiger partial charge in [0, 0.05) is 37.7 Å². The zero-order valence-corrected chi connectivity index (χ0v) is 25.1. The largest absolute Gasteiger partial charge is 0.451 e. The fourth-order valence-electron chi connectivity index (χ4n) is 4.88. The van der Waals surface area contributed by atoms with Crippen LogP contribution in [0.15, 0.2) is 77.7 Å². The van der Waals surface area contributed by atoms with Gasteiger partial charge >= 0.3 is 6.18 Å². The Morgan fingerprint density at radius 1 is 0.935 bits per heavy atom. The minimum Gasteiger partial charge on any atom is -0.333 e. The van der Waals surface area contributed by atoms with Crippen molar-refractivity contribution in [3.8, 4) is 0 Å². The van der Waals surface area contributed by atoms with Crippen LogP contribution in [0.2, 0.25) is 0 Å². The highest BCUT2D eigenvalue weighted by molar-refractivity contribution is 7.85. The van der Waals surface area contributed by atoms with Crippen LogP contribution in [0.5, 0.6) is 0 Å². The summed E-state index contributed by atoms with van der Waals surface area (Å²) in [5.41, 5.74) is 0.791. The first-order valence-corrected chi connectivity index (χ1v) is 15.3. The Hall–Kier alpha value is -4.28. The summed E-state index contributed by atoms with van der Waals surface area (Å²) in [7, 11) is -4.00. The van der Waals surface area contributed by atoms with E-state index in [2.05, 4.69) is 15.5 Å². The maximum atomic E-state index is 14.4. The van der Waals surface area contributed by atoms with Gasteiger partial charge in [0.25, 0.3) is 10.1 Å². The Bertz CT molecular complexity index is 1750. The third-order valence-corrected chi connectivity index (χ3v) is 8.03. The summed E-state index contributed by atoms with van der Waals surface area (Å²) in [6.07, 6.45) is -4.93. The van der Waals surface area contributed by atoms with Crippen LogP contribution in [-0.2, 0) is 40.6 Å². The molecule has 0 aliphatic carbocycles. The number of hydrogen-bond acceptors (Lipinski definition) is 6. The van der Waals surface area contributed by atoms with E-state index in [1.54, 1.807) is 18.2 Å². The monoisotopic (exact) mass is 669 g/mol. The SMILES string of the molecule is C[C@H](N[C@@H](CC(=O)N1CCn2c(nnc2C(F)(F)F)C1)Cc1cc(F)c(F)cc1F)c1ccccc1.O=S(=O)(O)c1ccccc1. The Balaban J connectivity index is 0.000000409. The van der Waals surface area contributed by atoms with Crippen LogP contribution in [-0.4, -0.2) is 51.1 Å². The summed E-state index contributed by atoms with van der Waals surface area (Å²) < 4.78 is 111. The molecule has 0 saturated heterocycles. The lowest BCUT2D eigenvalue weighted by Gasteiger charge is -2.30. The molecular formula is C30H29F6N5O4S. The lowest BCUT2D eigenvalue weighted by molar-refractivity contribution is -0.148. The van der Waals surface area contributed by atoms with Gasteiger partial charge in [-0.2, -0.15) is 21.6 Å². The van der Waals surface area contributed by atoms with E-state index >= 15 is 0 Å². The van der Waals surface area contributed by atoms with Crippen molar-refractivity contribution < 1.29 is 44.1 Å². The number of carbonyl (C=O) groups excluding carboxylic acids is 1. The van der Waals surface area contributed by atoms with E-state index in [0.29, 0.717) is 6.07 Å². The number of nitrogens with one attached hydrogen (secondary N) is 1. The molecule has 9 nitrogen and oxygen atoms in total. The molecule has 4 aromatic rings. The molecule has 1 amide bonds. The second kappa shape index (κ2) is 14.4. The van der Waals surface area contributed by atoms with Crippen LogP contribution < -0.4 is 5.32 Å². The van der Waals surface area contributed by atoms with Gasteiger partial charge in [-0.05, 0) is 42.7 Å². The number of aromatic nitrogens is 3. The van der Waals surface area contributed by atoms with Crippen molar-refractivity contribution >= 4 is 16.0 Å². The highest BCUT2D eigenvalue weighted by Crippen LogP contribution is 2.29. The first-order valence-electron chi connectivity index (χ1n) is 13.9. The van der Waals surface area contributed by atoms with Gasteiger partial charge in [0.05, 0.1) is 11.4 Å². The summed E-state index contributed by atoms with van der Waals surface area (Å²) in [5, 5.41) is 10.0. The highest BCUT2D eigenvalue weighted by Gasteiger charge is 2.40. The number of nitrogens with zero attached hydrogens (tertiary/aromatic N) is 4. The van der Waals surface area contributed by atoms with E-state index in [0.717, 1.165) is 16.2 Å².